The molecule has 0 aliphatic carbocycles. The largest absolute Gasteiger partial charge is 0.376 e. The van der Waals surface area contributed by atoms with E-state index in [1.807, 2.05) is 0 Å². The van der Waals surface area contributed by atoms with Crippen molar-refractivity contribution in [1.29, 1.82) is 0 Å². The van der Waals surface area contributed by atoms with Crippen LogP contribution in [0.1, 0.15) is 0 Å². The van der Waals surface area contributed by atoms with E-state index < -0.39 is 0 Å². The van der Waals surface area contributed by atoms with Crippen molar-refractivity contribution in [2.45, 2.75) is 0 Å². The molecule has 0 saturated carbocycles. The smallest absolute Gasteiger partial charge is 0.250 e. The predicted molar refractivity (Wildman–Crippen MR) is 72.4 cm³/mol. The average Bonchev–Trinajstić information content (AvgIpc) is 2.22. The first kappa shape index (κ1) is 13.7. The second kappa shape index (κ2) is 6.39. The Morgan fingerprint density at radius 1 is 1.53 bits per heavy atom. The number of amides is 1. The van der Waals surface area contributed by atoms with E-state index in [1.165, 1.54) is 7.11 Å². The van der Waals surface area contributed by atoms with Gasteiger partial charge in [0, 0.05) is 12.8 Å². The van der Waals surface area contributed by atoms with Gasteiger partial charge in [-0.05, 0) is 30.4 Å². The van der Waals surface area contributed by atoms with Crippen molar-refractivity contribution >= 4 is 46.2 Å². The number of halogens is 1. The minimum absolute atomic E-state index is 0.0132. The van der Waals surface area contributed by atoms with Crippen molar-refractivity contribution in [3.8, 4) is 0 Å². The summed E-state index contributed by atoms with van der Waals surface area (Å²) in [4.78, 5) is 11.3. The maximum atomic E-state index is 11.3. The molecule has 1 aromatic carbocycles. The van der Waals surface area contributed by atoms with E-state index in [4.69, 9.17) is 34.3 Å². The summed E-state index contributed by atoms with van der Waals surface area (Å²) in [5, 5.41) is 5.92. The molecular weight excluding hydrogens is 262 g/mol. The number of methoxy groups -OCH3 is 1. The Morgan fingerprint density at radius 2 is 2.24 bits per heavy atom. The van der Waals surface area contributed by atoms with Crippen LogP contribution in [-0.2, 0) is 9.53 Å². The molecular formula is C10H12ClN3O2S. The van der Waals surface area contributed by atoms with E-state index in [-0.39, 0.29) is 17.6 Å². The summed E-state index contributed by atoms with van der Waals surface area (Å²) >= 11 is 10.6. The molecule has 0 radical (unpaired) electrons. The molecule has 0 spiro atoms. The normalized spacial score (nSPS) is 9.76. The van der Waals surface area contributed by atoms with Crippen LogP contribution < -0.4 is 16.4 Å². The molecule has 0 aliphatic rings. The average molecular weight is 274 g/mol. The molecule has 0 unspecified atom stereocenters. The van der Waals surface area contributed by atoms with E-state index >= 15 is 0 Å². The van der Waals surface area contributed by atoms with Gasteiger partial charge >= 0.3 is 0 Å². The Labute approximate surface area is 109 Å². The fourth-order valence-electron chi connectivity index (χ4n) is 1.16. The number of thiocarbonyl (C=S) groups is 1. The fourth-order valence-corrected chi connectivity index (χ4v) is 1.43. The van der Waals surface area contributed by atoms with Gasteiger partial charge in [0.1, 0.15) is 6.61 Å². The lowest BCUT2D eigenvalue weighted by molar-refractivity contribution is -0.119. The molecule has 0 aliphatic heterocycles. The van der Waals surface area contributed by atoms with Crippen molar-refractivity contribution in [3.63, 3.8) is 0 Å². The van der Waals surface area contributed by atoms with Crippen LogP contribution in [0.2, 0.25) is 5.02 Å². The number of hydrogen-bond donors (Lipinski definition) is 3. The number of hydrogen-bond acceptors (Lipinski definition) is 3. The SMILES string of the molecule is COCC(=O)Nc1ccc(Cl)c(NC(N)=S)c1. The van der Waals surface area contributed by atoms with Crippen LogP contribution in [0.25, 0.3) is 0 Å². The van der Waals surface area contributed by atoms with Crippen LogP contribution in [-0.4, -0.2) is 24.7 Å². The van der Waals surface area contributed by atoms with E-state index in [0.29, 0.717) is 16.4 Å². The summed E-state index contributed by atoms with van der Waals surface area (Å²) in [6.45, 7) is -0.0132. The van der Waals surface area contributed by atoms with Gasteiger partial charge in [0.2, 0.25) is 5.91 Å². The summed E-state index contributed by atoms with van der Waals surface area (Å²) < 4.78 is 4.70. The summed E-state index contributed by atoms with van der Waals surface area (Å²) in [6, 6.07) is 4.93. The van der Waals surface area contributed by atoms with Crippen molar-refractivity contribution in [3.05, 3.63) is 23.2 Å². The van der Waals surface area contributed by atoms with E-state index in [0.717, 1.165) is 0 Å². The summed E-state index contributed by atoms with van der Waals surface area (Å²) in [5.74, 6) is -0.254. The zero-order valence-corrected chi connectivity index (χ0v) is 10.7. The lowest BCUT2D eigenvalue weighted by atomic mass is 10.2. The van der Waals surface area contributed by atoms with E-state index in [1.54, 1.807) is 18.2 Å². The van der Waals surface area contributed by atoms with Crippen molar-refractivity contribution in [2.75, 3.05) is 24.4 Å². The fraction of sp³-hybridized carbons (Fsp3) is 0.200. The highest BCUT2D eigenvalue weighted by molar-refractivity contribution is 7.80. The van der Waals surface area contributed by atoms with E-state index in [2.05, 4.69) is 10.6 Å². The number of anilines is 2. The van der Waals surface area contributed by atoms with Crippen molar-refractivity contribution in [1.82, 2.24) is 0 Å². The third kappa shape index (κ3) is 4.56. The Hall–Kier alpha value is -1.37. The molecule has 17 heavy (non-hydrogen) atoms. The molecule has 0 bridgehead atoms. The quantitative estimate of drug-likeness (QED) is 0.726. The topological polar surface area (TPSA) is 76.4 Å². The maximum absolute atomic E-state index is 11.3. The lowest BCUT2D eigenvalue weighted by Crippen LogP contribution is -2.20. The first-order chi connectivity index (χ1) is 8.02. The molecule has 0 aromatic heterocycles. The number of rotatable bonds is 4. The van der Waals surface area contributed by atoms with Gasteiger partial charge in [-0.2, -0.15) is 0 Å². The third-order valence-electron chi connectivity index (χ3n) is 1.78. The third-order valence-corrected chi connectivity index (χ3v) is 2.22. The molecule has 0 saturated heterocycles. The highest BCUT2D eigenvalue weighted by Crippen LogP contribution is 2.25. The molecule has 4 N–H and O–H groups in total. The Bertz CT molecular complexity index is 440. The molecule has 92 valence electrons. The number of ether oxygens (including phenoxy) is 1. The summed E-state index contributed by atoms with van der Waals surface area (Å²) in [5.41, 5.74) is 6.46. The number of carbonyl (C=O) groups excluding carboxylic acids is 1. The summed E-state index contributed by atoms with van der Waals surface area (Å²) in [6.07, 6.45) is 0. The predicted octanol–water partition coefficient (Wildman–Crippen LogP) is 1.58. The van der Waals surface area contributed by atoms with Gasteiger partial charge in [0.15, 0.2) is 5.11 Å². The van der Waals surface area contributed by atoms with Crippen LogP contribution in [0.5, 0.6) is 0 Å². The molecule has 1 aromatic rings. The molecule has 0 heterocycles. The molecule has 5 nitrogen and oxygen atoms in total. The molecule has 0 fully saturated rings. The first-order valence-electron chi connectivity index (χ1n) is 4.67. The van der Waals surface area contributed by atoms with Gasteiger partial charge in [-0.3, -0.25) is 4.79 Å². The van der Waals surface area contributed by atoms with Gasteiger partial charge in [0.25, 0.3) is 0 Å². The van der Waals surface area contributed by atoms with Crippen molar-refractivity contribution < 1.29 is 9.53 Å². The lowest BCUT2D eigenvalue weighted by Gasteiger charge is -2.09. The number of nitrogens with two attached hydrogens (primary N) is 1. The zero-order valence-electron chi connectivity index (χ0n) is 9.12. The minimum atomic E-state index is -0.254. The number of nitrogens with one attached hydrogen (secondary N) is 2. The van der Waals surface area contributed by atoms with Crippen LogP contribution in [0, 0.1) is 0 Å². The monoisotopic (exact) mass is 273 g/mol. The second-order valence-electron chi connectivity index (χ2n) is 3.17. The van der Waals surface area contributed by atoms with Gasteiger partial charge in [-0.25, -0.2) is 0 Å². The minimum Gasteiger partial charge on any atom is -0.376 e. The highest BCUT2D eigenvalue weighted by atomic mass is 35.5. The zero-order chi connectivity index (χ0) is 12.8. The van der Waals surface area contributed by atoms with Crippen LogP contribution >= 0.6 is 23.8 Å². The van der Waals surface area contributed by atoms with Crippen LogP contribution in [0.4, 0.5) is 11.4 Å². The second-order valence-corrected chi connectivity index (χ2v) is 4.01. The molecule has 1 amide bonds. The van der Waals surface area contributed by atoms with Crippen LogP contribution in [0.15, 0.2) is 18.2 Å². The van der Waals surface area contributed by atoms with Crippen molar-refractivity contribution in [2.24, 2.45) is 5.73 Å². The Kier molecular flexibility index (Phi) is 5.14. The van der Waals surface area contributed by atoms with Gasteiger partial charge < -0.3 is 21.1 Å². The Morgan fingerprint density at radius 3 is 2.82 bits per heavy atom. The number of carbonyl (C=O) groups is 1. The first-order valence-corrected chi connectivity index (χ1v) is 5.46. The molecule has 0 atom stereocenters. The maximum Gasteiger partial charge on any atom is 0.250 e. The molecule has 7 heteroatoms. The molecule has 1 rings (SSSR count). The standard InChI is InChI=1S/C10H12ClN3O2S/c1-16-5-9(15)13-6-2-3-7(11)8(4-6)14-10(12)17/h2-4H,5H2,1H3,(H,13,15)(H3,12,14,17). The number of benzene rings is 1. The van der Waals surface area contributed by atoms with Gasteiger partial charge in [-0.15, -0.1) is 0 Å². The Balaban J connectivity index is 2.81. The van der Waals surface area contributed by atoms with Gasteiger partial charge in [-0.1, -0.05) is 11.6 Å². The van der Waals surface area contributed by atoms with E-state index in [9.17, 15) is 4.79 Å². The summed E-state index contributed by atoms with van der Waals surface area (Å²) in [7, 11) is 1.45. The van der Waals surface area contributed by atoms with Crippen LogP contribution in [0.3, 0.4) is 0 Å². The highest BCUT2D eigenvalue weighted by Gasteiger charge is 2.05. The van der Waals surface area contributed by atoms with Gasteiger partial charge in [0.05, 0.1) is 10.7 Å².